The number of esters is 1. The number of hydrogen-bond acceptors (Lipinski definition) is 3. The number of phenols is 1. The maximum Gasteiger partial charge on any atom is 0.309 e. The van der Waals surface area contributed by atoms with Gasteiger partial charge in [-0.05, 0) is 17.7 Å². The third-order valence-corrected chi connectivity index (χ3v) is 2.27. The van der Waals surface area contributed by atoms with Gasteiger partial charge in [0.15, 0.2) is 0 Å². The van der Waals surface area contributed by atoms with Crippen molar-refractivity contribution >= 4 is 5.97 Å². The summed E-state index contributed by atoms with van der Waals surface area (Å²) in [5, 5.41) is 9.13. The summed E-state index contributed by atoms with van der Waals surface area (Å²) in [5.74, 6) is 0.0922. The van der Waals surface area contributed by atoms with E-state index in [0.717, 1.165) is 5.56 Å². The molecule has 0 amide bonds. The predicted octanol–water partition coefficient (Wildman–Crippen LogP) is 2.62. The molecule has 1 atom stereocenters. The zero-order chi connectivity index (χ0) is 12.0. The topological polar surface area (TPSA) is 46.5 Å². The maximum absolute atomic E-state index is 11.1. The van der Waals surface area contributed by atoms with Gasteiger partial charge in [-0.2, -0.15) is 0 Å². The second-order valence-corrected chi connectivity index (χ2v) is 3.67. The van der Waals surface area contributed by atoms with Crippen molar-refractivity contribution < 1.29 is 14.6 Å². The fourth-order valence-corrected chi connectivity index (χ4v) is 1.29. The summed E-state index contributed by atoms with van der Waals surface area (Å²) in [6, 6.07) is 6.89. The summed E-state index contributed by atoms with van der Waals surface area (Å²) in [6.45, 7) is 5.78. The van der Waals surface area contributed by atoms with Gasteiger partial charge < -0.3 is 9.84 Å². The first-order chi connectivity index (χ1) is 7.63. The average Bonchev–Trinajstić information content (AvgIpc) is 2.27. The van der Waals surface area contributed by atoms with Crippen molar-refractivity contribution in [3.63, 3.8) is 0 Å². The smallest absolute Gasteiger partial charge is 0.309 e. The number of phenolic OH excluding ortho intramolecular Hbond substituents is 1. The Balaban J connectivity index is 2.46. The molecule has 16 heavy (non-hydrogen) atoms. The number of benzene rings is 1. The van der Waals surface area contributed by atoms with Gasteiger partial charge in [-0.15, -0.1) is 6.58 Å². The first-order valence-corrected chi connectivity index (χ1v) is 5.19. The van der Waals surface area contributed by atoms with Gasteiger partial charge in [-0.1, -0.05) is 25.1 Å². The molecule has 3 heteroatoms. The minimum atomic E-state index is -0.263. The van der Waals surface area contributed by atoms with E-state index in [9.17, 15) is 4.79 Å². The molecule has 1 aromatic carbocycles. The van der Waals surface area contributed by atoms with Crippen LogP contribution in [0.5, 0.6) is 5.75 Å². The molecule has 0 aliphatic carbocycles. The highest BCUT2D eigenvalue weighted by Crippen LogP contribution is 2.18. The number of carbonyl (C=O) groups is 1. The number of rotatable bonds is 5. The maximum atomic E-state index is 11.1. The minimum Gasteiger partial charge on any atom is -0.508 e. The van der Waals surface area contributed by atoms with Crippen LogP contribution in [0.3, 0.4) is 0 Å². The van der Waals surface area contributed by atoms with Crippen LogP contribution in [0.15, 0.2) is 36.9 Å². The lowest BCUT2D eigenvalue weighted by Crippen LogP contribution is -2.09. The third kappa shape index (κ3) is 3.77. The molecule has 0 bridgehead atoms. The van der Waals surface area contributed by atoms with E-state index in [4.69, 9.17) is 9.84 Å². The minimum absolute atomic E-state index is 0.120. The Hall–Kier alpha value is -1.77. The van der Waals surface area contributed by atoms with E-state index in [2.05, 4.69) is 6.58 Å². The highest BCUT2D eigenvalue weighted by Gasteiger charge is 2.08. The summed E-state index contributed by atoms with van der Waals surface area (Å²) in [4.78, 5) is 11.1. The number of aromatic hydroxyl groups is 1. The van der Waals surface area contributed by atoms with Gasteiger partial charge in [-0.25, -0.2) is 0 Å². The Morgan fingerprint density at radius 3 is 2.69 bits per heavy atom. The van der Waals surface area contributed by atoms with Crippen LogP contribution in [0, 0.1) is 0 Å². The van der Waals surface area contributed by atoms with E-state index in [-0.39, 0.29) is 24.1 Å². The molecule has 0 aliphatic rings. The Kier molecular flexibility index (Phi) is 4.58. The van der Waals surface area contributed by atoms with Gasteiger partial charge >= 0.3 is 5.97 Å². The highest BCUT2D eigenvalue weighted by atomic mass is 16.5. The molecule has 86 valence electrons. The van der Waals surface area contributed by atoms with E-state index < -0.39 is 0 Å². The van der Waals surface area contributed by atoms with Crippen LogP contribution in [0.2, 0.25) is 0 Å². The summed E-state index contributed by atoms with van der Waals surface area (Å²) < 4.78 is 5.06. The van der Waals surface area contributed by atoms with Crippen molar-refractivity contribution in [2.75, 3.05) is 6.61 Å². The largest absolute Gasteiger partial charge is 0.508 e. The molecule has 0 aliphatic heterocycles. The normalized spacial score (nSPS) is 11.8. The van der Waals surface area contributed by atoms with Gasteiger partial charge in [0, 0.05) is 5.92 Å². The fourth-order valence-electron chi connectivity index (χ4n) is 1.29. The van der Waals surface area contributed by atoms with Gasteiger partial charge in [-0.3, -0.25) is 4.79 Å². The van der Waals surface area contributed by atoms with Crippen LogP contribution in [0.1, 0.15) is 24.8 Å². The zero-order valence-electron chi connectivity index (χ0n) is 9.35. The first-order valence-electron chi connectivity index (χ1n) is 5.19. The van der Waals surface area contributed by atoms with Crippen LogP contribution >= 0.6 is 0 Å². The highest BCUT2D eigenvalue weighted by molar-refractivity contribution is 5.71. The van der Waals surface area contributed by atoms with Crippen LogP contribution < -0.4 is 0 Å². The molecule has 1 rings (SSSR count). The molecule has 0 fully saturated rings. The Morgan fingerprint density at radius 2 is 2.12 bits per heavy atom. The van der Waals surface area contributed by atoms with E-state index >= 15 is 0 Å². The molecule has 0 saturated heterocycles. The molecule has 1 N–H and O–H groups in total. The molecule has 3 nitrogen and oxygen atoms in total. The van der Waals surface area contributed by atoms with Gasteiger partial charge in [0.2, 0.25) is 0 Å². The van der Waals surface area contributed by atoms with Crippen LogP contribution in [-0.4, -0.2) is 17.7 Å². The van der Waals surface area contributed by atoms with Crippen molar-refractivity contribution in [2.45, 2.75) is 19.3 Å². The molecule has 0 saturated carbocycles. The van der Waals surface area contributed by atoms with Crippen molar-refractivity contribution in [3.8, 4) is 5.75 Å². The molecule has 0 heterocycles. The van der Waals surface area contributed by atoms with Crippen molar-refractivity contribution in [3.05, 3.63) is 42.5 Å². The van der Waals surface area contributed by atoms with Crippen molar-refractivity contribution in [1.29, 1.82) is 0 Å². The Labute approximate surface area is 95.4 Å². The lowest BCUT2D eigenvalue weighted by molar-refractivity contribution is -0.143. The second kappa shape index (κ2) is 5.95. The Bertz CT molecular complexity index is 354. The lowest BCUT2D eigenvalue weighted by atomic mass is 10.0. The summed E-state index contributed by atoms with van der Waals surface area (Å²) in [6.07, 6.45) is 1.76. The second-order valence-electron chi connectivity index (χ2n) is 3.67. The SMILES string of the molecule is C=CCC(=O)OCC(C)c1ccc(O)cc1. The zero-order valence-corrected chi connectivity index (χ0v) is 9.35. The molecule has 0 aromatic heterocycles. The first kappa shape index (κ1) is 12.3. The molecule has 1 aromatic rings. The average molecular weight is 220 g/mol. The van der Waals surface area contributed by atoms with E-state index in [1.165, 1.54) is 6.08 Å². The van der Waals surface area contributed by atoms with Gasteiger partial charge in [0.1, 0.15) is 5.75 Å². The summed E-state index contributed by atoms with van der Waals surface area (Å²) >= 11 is 0. The van der Waals surface area contributed by atoms with Gasteiger partial charge in [0.25, 0.3) is 0 Å². The van der Waals surface area contributed by atoms with E-state index in [1.54, 1.807) is 12.1 Å². The van der Waals surface area contributed by atoms with Crippen molar-refractivity contribution in [2.24, 2.45) is 0 Å². The molecule has 1 unspecified atom stereocenters. The van der Waals surface area contributed by atoms with Crippen molar-refractivity contribution in [1.82, 2.24) is 0 Å². The third-order valence-electron chi connectivity index (χ3n) is 2.27. The predicted molar refractivity (Wildman–Crippen MR) is 62.3 cm³/mol. The van der Waals surface area contributed by atoms with Gasteiger partial charge in [0.05, 0.1) is 13.0 Å². The fraction of sp³-hybridized carbons (Fsp3) is 0.308. The molecule has 0 radical (unpaired) electrons. The van der Waals surface area contributed by atoms with Crippen LogP contribution in [0.25, 0.3) is 0 Å². The molecular formula is C13H16O3. The quantitative estimate of drug-likeness (QED) is 0.613. The summed E-state index contributed by atoms with van der Waals surface area (Å²) in [5.41, 5.74) is 1.03. The van der Waals surface area contributed by atoms with E-state index in [1.807, 2.05) is 19.1 Å². The standard InChI is InChI=1S/C13H16O3/c1-3-4-13(15)16-9-10(2)11-5-7-12(14)8-6-11/h3,5-8,10,14H,1,4,9H2,2H3. The lowest BCUT2D eigenvalue weighted by Gasteiger charge is -2.12. The molecule has 0 spiro atoms. The van der Waals surface area contributed by atoms with Crippen LogP contribution in [-0.2, 0) is 9.53 Å². The summed E-state index contributed by atoms with van der Waals surface area (Å²) in [7, 11) is 0. The van der Waals surface area contributed by atoms with Crippen LogP contribution in [0.4, 0.5) is 0 Å². The number of ether oxygens (including phenoxy) is 1. The monoisotopic (exact) mass is 220 g/mol. The number of carbonyl (C=O) groups excluding carboxylic acids is 1. The van der Waals surface area contributed by atoms with E-state index in [0.29, 0.717) is 6.61 Å². The molecular weight excluding hydrogens is 204 g/mol. The number of hydrogen-bond donors (Lipinski definition) is 1. The Morgan fingerprint density at radius 1 is 1.50 bits per heavy atom.